The van der Waals surface area contributed by atoms with Crippen molar-refractivity contribution in [3.8, 4) is 17.2 Å². The second kappa shape index (κ2) is 10.8. The number of fused-ring (bicyclic) bond motifs is 1. The summed E-state index contributed by atoms with van der Waals surface area (Å²) in [6.45, 7) is 2.95. The third-order valence-electron chi connectivity index (χ3n) is 5.35. The lowest BCUT2D eigenvalue weighted by Gasteiger charge is -2.32. The summed E-state index contributed by atoms with van der Waals surface area (Å²) in [5.74, 6) is 1.20. The molecule has 2 aromatic carbocycles. The number of hydrazine groups is 1. The van der Waals surface area contributed by atoms with Gasteiger partial charge >= 0.3 is 0 Å². The van der Waals surface area contributed by atoms with Crippen LogP contribution in [0.3, 0.4) is 0 Å². The number of carbonyl (C=O) groups excluding carboxylic acids is 2. The first-order chi connectivity index (χ1) is 16.5. The van der Waals surface area contributed by atoms with E-state index in [1.54, 1.807) is 30.2 Å². The molecule has 2 aliphatic rings. The lowest BCUT2D eigenvalue weighted by molar-refractivity contribution is -0.121. The molecule has 0 saturated carbocycles. The van der Waals surface area contributed by atoms with Crippen molar-refractivity contribution in [2.45, 2.75) is 13.1 Å². The van der Waals surface area contributed by atoms with Gasteiger partial charge in [0, 0.05) is 12.6 Å². The summed E-state index contributed by atoms with van der Waals surface area (Å²) in [6, 6.07) is 12.4. The molecule has 4 rings (SSSR count). The van der Waals surface area contributed by atoms with E-state index in [1.165, 1.54) is 18.9 Å². The van der Waals surface area contributed by atoms with Crippen molar-refractivity contribution in [2.75, 3.05) is 43.3 Å². The maximum atomic E-state index is 13.3. The van der Waals surface area contributed by atoms with E-state index in [-0.39, 0.29) is 29.7 Å². The van der Waals surface area contributed by atoms with Crippen molar-refractivity contribution in [2.24, 2.45) is 10.9 Å². The molecule has 2 atom stereocenters. The van der Waals surface area contributed by atoms with Crippen molar-refractivity contribution in [3.63, 3.8) is 0 Å². The van der Waals surface area contributed by atoms with Gasteiger partial charge in [-0.2, -0.15) is 0 Å². The highest BCUT2D eigenvalue weighted by atomic mass is 32.2. The van der Waals surface area contributed by atoms with E-state index >= 15 is 0 Å². The molecule has 10 nitrogen and oxygen atoms in total. The predicted molar refractivity (Wildman–Crippen MR) is 132 cm³/mol. The molecular weight excluding hydrogens is 458 g/mol. The van der Waals surface area contributed by atoms with Gasteiger partial charge in [-0.1, -0.05) is 11.8 Å². The number of carbonyl (C=O) groups is 2. The summed E-state index contributed by atoms with van der Waals surface area (Å²) >= 11 is 1.19. The Morgan fingerprint density at radius 2 is 1.94 bits per heavy atom. The van der Waals surface area contributed by atoms with Crippen LogP contribution in [0, 0.1) is 5.92 Å². The van der Waals surface area contributed by atoms with Crippen LogP contribution in [0.1, 0.15) is 6.92 Å². The lowest BCUT2D eigenvalue weighted by atomic mass is 10.0. The van der Waals surface area contributed by atoms with E-state index in [2.05, 4.69) is 16.2 Å². The molecule has 2 unspecified atom stereocenters. The molecule has 3 N–H and O–H groups in total. The van der Waals surface area contributed by atoms with Crippen LogP contribution < -0.4 is 35.3 Å². The Kier molecular flexibility index (Phi) is 7.56. The standard InChI is InChI=1S/C23H27N5O5S/c1-4-33-15-7-5-14(6-8-15)28-22(30)17-12-24-27-21(17)26-23(28)34-13-20(29)25-18-11-16(31-2)9-10-19(18)32-3/h5-11,17,21,24,27H,4,12-13H2,1-3H3,(H,25,29). The monoisotopic (exact) mass is 485 g/mol. The number of amidine groups is 1. The van der Waals surface area contributed by atoms with Crippen LogP contribution in [-0.2, 0) is 9.59 Å². The molecular formula is C23H27N5O5S. The minimum Gasteiger partial charge on any atom is -0.497 e. The average Bonchev–Trinajstić information content (AvgIpc) is 3.33. The van der Waals surface area contributed by atoms with Crippen LogP contribution in [0.4, 0.5) is 11.4 Å². The van der Waals surface area contributed by atoms with E-state index in [1.807, 2.05) is 31.2 Å². The topological polar surface area (TPSA) is 114 Å². The van der Waals surface area contributed by atoms with Gasteiger partial charge in [-0.05, 0) is 43.3 Å². The fourth-order valence-corrected chi connectivity index (χ4v) is 4.54. The molecule has 180 valence electrons. The zero-order valence-corrected chi connectivity index (χ0v) is 20.0. The number of rotatable bonds is 8. The number of thioether (sulfide) groups is 1. The number of ether oxygens (including phenoxy) is 3. The fraction of sp³-hybridized carbons (Fsp3) is 0.348. The number of hydrogen-bond donors (Lipinski definition) is 3. The minimum absolute atomic E-state index is 0.0465. The Morgan fingerprint density at radius 3 is 2.65 bits per heavy atom. The van der Waals surface area contributed by atoms with Crippen molar-refractivity contribution in [3.05, 3.63) is 42.5 Å². The second-order valence-electron chi connectivity index (χ2n) is 7.49. The third kappa shape index (κ3) is 5.11. The van der Waals surface area contributed by atoms with Crippen LogP contribution in [0.25, 0.3) is 0 Å². The summed E-state index contributed by atoms with van der Waals surface area (Å²) < 4.78 is 16.1. The maximum Gasteiger partial charge on any atom is 0.241 e. The maximum absolute atomic E-state index is 13.3. The molecule has 0 spiro atoms. The summed E-state index contributed by atoms with van der Waals surface area (Å²) in [5.41, 5.74) is 7.18. The summed E-state index contributed by atoms with van der Waals surface area (Å²) in [4.78, 5) is 32.3. The summed E-state index contributed by atoms with van der Waals surface area (Å²) in [7, 11) is 3.08. The number of benzene rings is 2. The molecule has 0 aromatic heterocycles. The Labute approximate surface area is 202 Å². The number of anilines is 2. The number of hydrogen-bond acceptors (Lipinski definition) is 9. The molecule has 2 aromatic rings. The highest BCUT2D eigenvalue weighted by Gasteiger charge is 2.42. The molecule has 2 heterocycles. The number of methoxy groups -OCH3 is 2. The zero-order chi connectivity index (χ0) is 24.1. The van der Waals surface area contributed by atoms with E-state index in [0.29, 0.717) is 41.2 Å². The molecule has 1 fully saturated rings. The molecule has 2 aliphatic heterocycles. The van der Waals surface area contributed by atoms with Crippen LogP contribution in [0.15, 0.2) is 47.5 Å². The molecule has 0 bridgehead atoms. The lowest BCUT2D eigenvalue weighted by Crippen LogP contribution is -2.49. The fourth-order valence-electron chi connectivity index (χ4n) is 3.69. The van der Waals surface area contributed by atoms with Crippen LogP contribution in [0.5, 0.6) is 17.2 Å². The van der Waals surface area contributed by atoms with Gasteiger partial charge in [0.2, 0.25) is 11.8 Å². The minimum atomic E-state index is -0.379. The number of nitrogens with one attached hydrogen (secondary N) is 3. The molecule has 1 saturated heterocycles. The van der Waals surface area contributed by atoms with Crippen molar-refractivity contribution < 1.29 is 23.8 Å². The zero-order valence-electron chi connectivity index (χ0n) is 19.2. The predicted octanol–water partition coefficient (Wildman–Crippen LogP) is 2.23. The van der Waals surface area contributed by atoms with Gasteiger partial charge in [-0.3, -0.25) is 19.9 Å². The van der Waals surface area contributed by atoms with Gasteiger partial charge < -0.3 is 19.5 Å². The first-order valence-electron chi connectivity index (χ1n) is 10.8. The van der Waals surface area contributed by atoms with Gasteiger partial charge in [-0.15, -0.1) is 0 Å². The molecule has 34 heavy (non-hydrogen) atoms. The van der Waals surface area contributed by atoms with Crippen LogP contribution >= 0.6 is 11.8 Å². The van der Waals surface area contributed by atoms with Gasteiger partial charge in [-0.25, -0.2) is 10.4 Å². The quantitative estimate of drug-likeness (QED) is 0.522. The van der Waals surface area contributed by atoms with Gasteiger partial charge in [0.25, 0.3) is 0 Å². The first-order valence-corrected chi connectivity index (χ1v) is 11.8. The van der Waals surface area contributed by atoms with E-state index in [0.717, 1.165) is 5.75 Å². The van der Waals surface area contributed by atoms with Crippen molar-refractivity contribution in [1.29, 1.82) is 0 Å². The molecule has 11 heteroatoms. The molecule has 2 amide bonds. The van der Waals surface area contributed by atoms with Crippen molar-refractivity contribution >= 4 is 40.1 Å². The Balaban J connectivity index is 1.51. The van der Waals surface area contributed by atoms with E-state index < -0.39 is 0 Å². The number of amides is 2. The van der Waals surface area contributed by atoms with E-state index in [4.69, 9.17) is 19.2 Å². The summed E-state index contributed by atoms with van der Waals surface area (Å²) in [5, 5.41) is 3.29. The first kappa shape index (κ1) is 23.9. The van der Waals surface area contributed by atoms with Gasteiger partial charge in [0.15, 0.2) is 5.17 Å². The SMILES string of the molecule is CCOc1ccc(N2C(=O)C3CNNC3N=C2SCC(=O)Nc2cc(OC)ccc2OC)cc1. The highest BCUT2D eigenvalue weighted by molar-refractivity contribution is 8.14. The van der Waals surface area contributed by atoms with Crippen molar-refractivity contribution in [1.82, 2.24) is 10.9 Å². The normalized spacial score (nSPS) is 19.3. The number of nitrogens with zero attached hydrogens (tertiary/aromatic N) is 2. The Bertz CT molecular complexity index is 1080. The second-order valence-corrected chi connectivity index (χ2v) is 8.43. The Morgan fingerprint density at radius 1 is 1.18 bits per heavy atom. The highest BCUT2D eigenvalue weighted by Crippen LogP contribution is 2.32. The Hall–Kier alpha value is -3.28. The average molecular weight is 486 g/mol. The largest absolute Gasteiger partial charge is 0.497 e. The van der Waals surface area contributed by atoms with Gasteiger partial charge in [0.05, 0.1) is 43.9 Å². The van der Waals surface area contributed by atoms with Crippen LogP contribution in [0.2, 0.25) is 0 Å². The van der Waals surface area contributed by atoms with E-state index in [9.17, 15) is 9.59 Å². The van der Waals surface area contributed by atoms with Crippen LogP contribution in [-0.4, -0.2) is 56.3 Å². The molecule has 0 radical (unpaired) electrons. The number of aliphatic imine (C=N–C) groups is 1. The summed E-state index contributed by atoms with van der Waals surface area (Å²) in [6.07, 6.45) is -0.379. The van der Waals surface area contributed by atoms with Gasteiger partial charge in [0.1, 0.15) is 23.4 Å². The smallest absolute Gasteiger partial charge is 0.241 e. The molecule has 0 aliphatic carbocycles. The third-order valence-corrected chi connectivity index (χ3v) is 6.30.